The van der Waals surface area contributed by atoms with Gasteiger partial charge in [0, 0.05) is 43.7 Å². The summed E-state index contributed by atoms with van der Waals surface area (Å²) in [5, 5.41) is 4.01. The van der Waals surface area contributed by atoms with Gasteiger partial charge in [-0.1, -0.05) is 153 Å². The first-order valence-electron chi connectivity index (χ1n) is 22.1. The van der Waals surface area contributed by atoms with Crippen LogP contribution in [0.3, 0.4) is 0 Å². The Labute approximate surface area is 375 Å². The van der Waals surface area contributed by atoms with E-state index in [1.54, 1.807) is 0 Å². The molecular weight excluding hydrogens is 795 g/mol. The van der Waals surface area contributed by atoms with Crippen molar-refractivity contribution < 1.29 is 8.83 Å². The Bertz CT molecular complexity index is 3880. The fraction of sp³-hybridized carbons (Fsp3) is 0.0500. The Balaban J connectivity index is 0.950. The van der Waals surface area contributed by atoms with Gasteiger partial charge in [-0.2, -0.15) is 0 Å². The highest BCUT2D eigenvalue weighted by molar-refractivity contribution is 6.13. The van der Waals surface area contributed by atoms with E-state index in [1.165, 1.54) is 33.4 Å². The summed E-state index contributed by atoms with van der Waals surface area (Å²) in [6.07, 6.45) is 0. The van der Waals surface area contributed by atoms with Crippen LogP contribution < -0.4 is 0 Å². The minimum Gasteiger partial charge on any atom is -0.456 e. The summed E-state index contributed by atoms with van der Waals surface area (Å²) >= 11 is 0. The van der Waals surface area contributed by atoms with Gasteiger partial charge in [0.15, 0.2) is 17.5 Å². The second-order valence-corrected chi connectivity index (χ2v) is 17.6. The lowest BCUT2D eigenvalue weighted by Crippen LogP contribution is -2.14. The maximum absolute atomic E-state index is 6.58. The molecule has 306 valence electrons. The molecule has 12 aromatic rings. The van der Waals surface area contributed by atoms with Crippen LogP contribution >= 0.6 is 0 Å². The van der Waals surface area contributed by atoms with Gasteiger partial charge in [0.2, 0.25) is 0 Å². The largest absolute Gasteiger partial charge is 0.456 e. The molecule has 0 N–H and O–H groups in total. The van der Waals surface area contributed by atoms with Gasteiger partial charge < -0.3 is 8.83 Å². The van der Waals surface area contributed by atoms with Crippen molar-refractivity contribution in [2.24, 2.45) is 0 Å². The number of rotatable bonds is 6. The summed E-state index contributed by atoms with van der Waals surface area (Å²) in [7, 11) is 0. The molecule has 0 fully saturated rings. The van der Waals surface area contributed by atoms with E-state index >= 15 is 0 Å². The number of hydrogen-bond donors (Lipinski definition) is 0. The van der Waals surface area contributed by atoms with Crippen LogP contribution in [-0.4, -0.2) is 15.0 Å². The van der Waals surface area contributed by atoms with Crippen molar-refractivity contribution in [3.63, 3.8) is 0 Å². The van der Waals surface area contributed by atoms with Gasteiger partial charge in [-0.25, -0.2) is 15.0 Å². The summed E-state index contributed by atoms with van der Waals surface area (Å²) < 4.78 is 12.8. The van der Waals surface area contributed by atoms with E-state index < -0.39 is 0 Å². The molecule has 0 saturated heterocycles. The van der Waals surface area contributed by atoms with Crippen molar-refractivity contribution in [3.05, 3.63) is 211 Å². The van der Waals surface area contributed by atoms with Gasteiger partial charge in [0.1, 0.15) is 22.3 Å². The number of nitrogens with zero attached hydrogens (tertiary/aromatic N) is 3. The van der Waals surface area contributed by atoms with E-state index in [0.29, 0.717) is 17.5 Å². The van der Waals surface area contributed by atoms with Crippen molar-refractivity contribution in [1.29, 1.82) is 0 Å². The summed E-state index contributed by atoms with van der Waals surface area (Å²) in [6, 6.07) is 70.3. The van der Waals surface area contributed by atoms with E-state index in [4.69, 9.17) is 23.8 Å². The normalized spacial score (nSPS) is 12.9. The van der Waals surface area contributed by atoms with E-state index in [9.17, 15) is 0 Å². The summed E-state index contributed by atoms with van der Waals surface area (Å²) in [5.41, 5.74) is 18.0. The van der Waals surface area contributed by atoms with E-state index in [0.717, 1.165) is 82.8 Å². The van der Waals surface area contributed by atoms with E-state index in [1.807, 2.05) is 48.5 Å². The molecule has 5 heteroatoms. The number of furan rings is 2. The highest BCUT2D eigenvalue weighted by atomic mass is 16.3. The molecule has 0 spiro atoms. The number of benzene rings is 9. The van der Waals surface area contributed by atoms with Crippen LogP contribution in [0, 0.1) is 0 Å². The molecule has 0 atom stereocenters. The Kier molecular flexibility index (Phi) is 8.18. The molecule has 0 unspecified atom stereocenters. The van der Waals surface area contributed by atoms with Gasteiger partial charge in [0.25, 0.3) is 0 Å². The third kappa shape index (κ3) is 6.04. The average Bonchev–Trinajstić information content (AvgIpc) is 4.01. The minimum absolute atomic E-state index is 0.0703. The van der Waals surface area contributed by atoms with Gasteiger partial charge in [-0.3, -0.25) is 0 Å². The standard InChI is InChI=1S/C60H39N3O2/c1-60(2)50-22-8-6-19-44(50)45-28-25-41(35-51(45)60)39-17-10-16-38(31-39)40-26-29-54-49(33-40)56-47(21-12-24-55(56)65-54)59-62-57(42-18-11-15-37(32-42)36-13-4-3-5-14-36)61-58(63-59)43-27-30-53-48(34-43)46-20-7-9-23-52(46)64-53/h3-35H,1-2H3. The second-order valence-electron chi connectivity index (χ2n) is 17.6. The first kappa shape index (κ1) is 37.2. The lowest BCUT2D eigenvalue weighted by atomic mass is 9.81. The van der Waals surface area contributed by atoms with Crippen LogP contribution in [0.15, 0.2) is 209 Å². The maximum Gasteiger partial charge on any atom is 0.164 e. The Morgan fingerprint density at radius 1 is 0.308 bits per heavy atom. The van der Waals surface area contributed by atoms with Crippen molar-refractivity contribution in [1.82, 2.24) is 15.0 Å². The second kappa shape index (κ2) is 14.3. The molecule has 9 aromatic carbocycles. The fourth-order valence-corrected chi connectivity index (χ4v) is 10.0. The molecule has 1 aliphatic rings. The molecule has 0 radical (unpaired) electrons. The van der Waals surface area contributed by atoms with Crippen molar-refractivity contribution in [2.45, 2.75) is 19.3 Å². The minimum atomic E-state index is -0.0703. The van der Waals surface area contributed by atoms with Crippen LogP contribution in [0.5, 0.6) is 0 Å². The molecular formula is C60H39N3O2. The van der Waals surface area contributed by atoms with E-state index in [-0.39, 0.29) is 5.41 Å². The van der Waals surface area contributed by atoms with Gasteiger partial charge in [-0.05, 0) is 116 Å². The topological polar surface area (TPSA) is 65.0 Å². The molecule has 3 heterocycles. The zero-order valence-electron chi connectivity index (χ0n) is 35.7. The first-order valence-corrected chi connectivity index (χ1v) is 22.1. The quantitative estimate of drug-likeness (QED) is 0.167. The van der Waals surface area contributed by atoms with Crippen LogP contribution in [0.25, 0.3) is 123 Å². The molecule has 1 aliphatic carbocycles. The first-order chi connectivity index (χ1) is 31.9. The Morgan fingerprint density at radius 2 is 0.800 bits per heavy atom. The number of para-hydroxylation sites is 1. The summed E-state index contributed by atoms with van der Waals surface area (Å²) in [5.74, 6) is 1.72. The van der Waals surface area contributed by atoms with Gasteiger partial charge in [-0.15, -0.1) is 0 Å². The molecule has 13 rings (SSSR count). The third-order valence-electron chi connectivity index (χ3n) is 13.3. The average molecular weight is 834 g/mol. The van der Waals surface area contributed by atoms with Crippen LogP contribution in [0.2, 0.25) is 0 Å². The number of fused-ring (bicyclic) bond motifs is 9. The van der Waals surface area contributed by atoms with Gasteiger partial charge >= 0.3 is 0 Å². The van der Waals surface area contributed by atoms with Crippen molar-refractivity contribution in [2.75, 3.05) is 0 Å². The zero-order chi connectivity index (χ0) is 43.2. The lowest BCUT2D eigenvalue weighted by Gasteiger charge is -2.22. The molecule has 5 nitrogen and oxygen atoms in total. The van der Waals surface area contributed by atoms with Crippen molar-refractivity contribution >= 4 is 43.9 Å². The third-order valence-corrected chi connectivity index (χ3v) is 13.3. The van der Waals surface area contributed by atoms with Crippen molar-refractivity contribution in [3.8, 4) is 78.7 Å². The SMILES string of the molecule is CC1(C)c2ccccc2-c2ccc(-c3cccc(-c4ccc5oc6cccc(-c7nc(-c8cccc(-c9ccccc9)c8)nc(-c8ccc9oc%10ccccc%10c9c8)n7)c6c5c4)c3)cc21. The van der Waals surface area contributed by atoms with Crippen LogP contribution in [0.1, 0.15) is 25.0 Å². The highest BCUT2D eigenvalue weighted by Crippen LogP contribution is 2.50. The Morgan fingerprint density at radius 3 is 1.63 bits per heavy atom. The summed E-state index contributed by atoms with van der Waals surface area (Å²) in [4.78, 5) is 15.7. The van der Waals surface area contributed by atoms with E-state index in [2.05, 4.69) is 166 Å². The lowest BCUT2D eigenvalue weighted by molar-refractivity contribution is 0.660. The predicted molar refractivity (Wildman–Crippen MR) is 265 cm³/mol. The highest BCUT2D eigenvalue weighted by Gasteiger charge is 2.35. The monoisotopic (exact) mass is 833 g/mol. The Hall–Kier alpha value is -8.41. The summed E-state index contributed by atoms with van der Waals surface area (Å²) in [6.45, 7) is 4.67. The maximum atomic E-state index is 6.58. The predicted octanol–water partition coefficient (Wildman–Crippen LogP) is 16.0. The number of aromatic nitrogens is 3. The van der Waals surface area contributed by atoms with Crippen LogP contribution in [0.4, 0.5) is 0 Å². The molecule has 0 amide bonds. The van der Waals surface area contributed by atoms with Gasteiger partial charge in [0.05, 0.1) is 0 Å². The molecule has 65 heavy (non-hydrogen) atoms. The molecule has 3 aromatic heterocycles. The fourth-order valence-electron chi connectivity index (χ4n) is 10.0. The zero-order valence-corrected chi connectivity index (χ0v) is 35.7. The smallest absolute Gasteiger partial charge is 0.164 e. The molecule has 0 bridgehead atoms. The van der Waals surface area contributed by atoms with Crippen LogP contribution in [-0.2, 0) is 5.41 Å². The number of hydrogen-bond acceptors (Lipinski definition) is 5. The molecule has 0 saturated carbocycles. The molecule has 0 aliphatic heterocycles.